The number of nitrogens with zero attached hydrogens (tertiary/aromatic N) is 2. The maximum absolute atomic E-state index is 6.04. The van der Waals surface area contributed by atoms with Crippen molar-refractivity contribution in [2.75, 3.05) is 0 Å². The molecule has 0 aliphatic carbocycles. The number of hydrogen-bond donors (Lipinski definition) is 1. The summed E-state index contributed by atoms with van der Waals surface area (Å²) in [6, 6.07) is 15.3. The minimum atomic E-state index is 0.425. The monoisotopic (exact) mass is 285 g/mol. The van der Waals surface area contributed by atoms with E-state index in [0.29, 0.717) is 11.8 Å². The van der Waals surface area contributed by atoms with Crippen LogP contribution >= 0.6 is 11.6 Å². The lowest BCUT2D eigenvalue weighted by Gasteiger charge is -2.03. The molecule has 0 radical (unpaired) electrons. The highest BCUT2D eigenvalue weighted by Gasteiger charge is 2.08. The zero-order valence-corrected chi connectivity index (χ0v) is 11.3. The summed E-state index contributed by atoms with van der Waals surface area (Å²) in [6.45, 7) is 0.425. The normalized spacial score (nSPS) is 10.4. The fourth-order valence-corrected chi connectivity index (χ4v) is 2.04. The highest BCUT2D eigenvalue weighted by Crippen LogP contribution is 2.24. The third-order valence-corrected chi connectivity index (χ3v) is 3.10. The first-order valence-electron chi connectivity index (χ1n) is 6.16. The Morgan fingerprint density at radius 2 is 1.95 bits per heavy atom. The fourth-order valence-electron chi connectivity index (χ4n) is 1.83. The predicted octanol–water partition coefficient (Wildman–Crippen LogP) is 3.70. The van der Waals surface area contributed by atoms with Gasteiger partial charge in [-0.2, -0.15) is 5.10 Å². The molecule has 3 aromatic rings. The van der Waals surface area contributed by atoms with Gasteiger partial charge in [0.15, 0.2) is 0 Å². The number of nitrogens with one attached hydrogen (secondary N) is 1. The van der Waals surface area contributed by atoms with E-state index < -0.39 is 0 Å². The highest BCUT2D eigenvalue weighted by molar-refractivity contribution is 6.32. The molecule has 0 aliphatic heterocycles. The van der Waals surface area contributed by atoms with Crippen molar-refractivity contribution in [1.29, 1.82) is 0 Å². The Labute approximate surface area is 121 Å². The number of H-pyrrole nitrogens is 1. The molecule has 0 saturated heterocycles. The number of aromatic amines is 1. The Morgan fingerprint density at radius 3 is 2.75 bits per heavy atom. The van der Waals surface area contributed by atoms with Crippen LogP contribution in [0.3, 0.4) is 0 Å². The number of hydrogen-bond acceptors (Lipinski definition) is 3. The van der Waals surface area contributed by atoms with E-state index in [-0.39, 0.29) is 0 Å². The van der Waals surface area contributed by atoms with E-state index in [1.807, 2.05) is 48.5 Å². The van der Waals surface area contributed by atoms with Gasteiger partial charge in [0, 0.05) is 11.8 Å². The number of benzene rings is 1. The Bertz CT molecular complexity index is 697. The number of aromatic nitrogens is 3. The summed E-state index contributed by atoms with van der Waals surface area (Å²) < 4.78 is 5.65. The molecule has 0 saturated carbocycles. The second-order valence-electron chi connectivity index (χ2n) is 4.22. The van der Waals surface area contributed by atoms with Crippen LogP contribution in [0.1, 0.15) is 5.69 Å². The molecule has 2 heterocycles. The highest BCUT2D eigenvalue weighted by atomic mass is 35.5. The summed E-state index contributed by atoms with van der Waals surface area (Å²) in [7, 11) is 0. The van der Waals surface area contributed by atoms with Gasteiger partial charge in [-0.25, -0.2) is 4.98 Å². The van der Waals surface area contributed by atoms with Gasteiger partial charge in [0.1, 0.15) is 17.5 Å². The molecular formula is C15H12ClN3O. The van der Waals surface area contributed by atoms with Gasteiger partial charge in [-0.05, 0) is 30.3 Å². The molecule has 4 nitrogen and oxygen atoms in total. The van der Waals surface area contributed by atoms with Gasteiger partial charge in [0.05, 0.1) is 11.4 Å². The van der Waals surface area contributed by atoms with Crippen molar-refractivity contribution in [2.24, 2.45) is 0 Å². The summed E-state index contributed by atoms with van der Waals surface area (Å²) in [6.07, 6.45) is 1.65. The molecule has 0 fully saturated rings. The SMILES string of the molecule is Clc1ncccc1-c1cc(COc2ccccc2)[nH]n1. The Balaban J connectivity index is 1.73. The molecule has 0 spiro atoms. The van der Waals surface area contributed by atoms with Crippen LogP contribution < -0.4 is 4.74 Å². The lowest BCUT2D eigenvalue weighted by molar-refractivity contribution is 0.301. The van der Waals surface area contributed by atoms with Gasteiger partial charge in [-0.15, -0.1) is 0 Å². The van der Waals surface area contributed by atoms with Gasteiger partial charge >= 0.3 is 0 Å². The molecule has 2 aromatic heterocycles. The standard InChI is InChI=1S/C15H12ClN3O/c16-15-13(7-4-8-17-15)14-9-11(18-19-14)10-20-12-5-2-1-3-6-12/h1-9H,10H2,(H,18,19). The van der Waals surface area contributed by atoms with Crippen molar-refractivity contribution in [3.63, 3.8) is 0 Å². The Kier molecular flexibility index (Phi) is 3.65. The number of para-hydroxylation sites is 1. The van der Waals surface area contributed by atoms with E-state index in [1.54, 1.807) is 6.20 Å². The van der Waals surface area contributed by atoms with Crippen molar-refractivity contribution in [2.45, 2.75) is 6.61 Å². The van der Waals surface area contributed by atoms with Crippen LogP contribution in [0.5, 0.6) is 5.75 Å². The summed E-state index contributed by atoms with van der Waals surface area (Å²) >= 11 is 6.04. The van der Waals surface area contributed by atoms with Gasteiger partial charge in [-0.3, -0.25) is 5.10 Å². The van der Waals surface area contributed by atoms with Crippen LogP contribution in [0.25, 0.3) is 11.3 Å². The van der Waals surface area contributed by atoms with Crippen LogP contribution in [0.15, 0.2) is 54.7 Å². The van der Waals surface area contributed by atoms with E-state index in [4.69, 9.17) is 16.3 Å². The molecule has 0 unspecified atom stereocenters. The molecule has 20 heavy (non-hydrogen) atoms. The minimum Gasteiger partial charge on any atom is -0.487 e. The largest absolute Gasteiger partial charge is 0.487 e. The fraction of sp³-hybridized carbons (Fsp3) is 0.0667. The molecule has 0 bridgehead atoms. The first-order chi connectivity index (χ1) is 9.83. The minimum absolute atomic E-state index is 0.425. The maximum Gasteiger partial charge on any atom is 0.138 e. The van der Waals surface area contributed by atoms with E-state index in [9.17, 15) is 0 Å². The van der Waals surface area contributed by atoms with Gasteiger partial charge < -0.3 is 4.74 Å². The molecular weight excluding hydrogens is 274 g/mol. The maximum atomic E-state index is 6.04. The number of rotatable bonds is 4. The van der Waals surface area contributed by atoms with Crippen LogP contribution in [0, 0.1) is 0 Å². The topological polar surface area (TPSA) is 50.8 Å². The number of ether oxygens (including phenoxy) is 1. The smallest absolute Gasteiger partial charge is 0.138 e. The first kappa shape index (κ1) is 12.7. The van der Waals surface area contributed by atoms with E-state index in [1.165, 1.54) is 0 Å². The van der Waals surface area contributed by atoms with Gasteiger partial charge in [0.25, 0.3) is 0 Å². The Hall–Kier alpha value is -2.33. The predicted molar refractivity (Wildman–Crippen MR) is 77.6 cm³/mol. The molecule has 0 aliphatic rings. The van der Waals surface area contributed by atoms with Gasteiger partial charge in [0.2, 0.25) is 0 Å². The van der Waals surface area contributed by atoms with Crippen molar-refractivity contribution < 1.29 is 4.74 Å². The van der Waals surface area contributed by atoms with Crippen LogP contribution in [0.2, 0.25) is 5.15 Å². The van der Waals surface area contributed by atoms with E-state index in [0.717, 1.165) is 22.7 Å². The first-order valence-corrected chi connectivity index (χ1v) is 6.54. The van der Waals surface area contributed by atoms with Crippen LogP contribution in [-0.2, 0) is 6.61 Å². The molecule has 5 heteroatoms. The average molecular weight is 286 g/mol. The lowest BCUT2D eigenvalue weighted by atomic mass is 10.2. The van der Waals surface area contributed by atoms with Crippen LogP contribution in [-0.4, -0.2) is 15.2 Å². The van der Waals surface area contributed by atoms with Crippen molar-refractivity contribution in [3.8, 4) is 17.0 Å². The molecule has 0 amide bonds. The van der Waals surface area contributed by atoms with Crippen molar-refractivity contribution in [1.82, 2.24) is 15.2 Å². The summed E-state index contributed by atoms with van der Waals surface area (Å²) in [5, 5.41) is 7.61. The summed E-state index contributed by atoms with van der Waals surface area (Å²) in [5.74, 6) is 0.822. The average Bonchev–Trinajstić information content (AvgIpc) is 2.95. The zero-order valence-electron chi connectivity index (χ0n) is 10.6. The second kappa shape index (κ2) is 5.75. The van der Waals surface area contributed by atoms with Crippen molar-refractivity contribution in [3.05, 3.63) is 65.6 Å². The molecule has 1 N–H and O–H groups in total. The molecule has 1 aromatic carbocycles. The second-order valence-corrected chi connectivity index (χ2v) is 4.58. The zero-order chi connectivity index (χ0) is 13.8. The summed E-state index contributed by atoms with van der Waals surface area (Å²) in [4.78, 5) is 4.04. The van der Waals surface area contributed by atoms with Crippen LogP contribution in [0.4, 0.5) is 0 Å². The van der Waals surface area contributed by atoms with Crippen molar-refractivity contribution >= 4 is 11.6 Å². The van der Waals surface area contributed by atoms with Gasteiger partial charge in [-0.1, -0.05) is 29.8 Å². The molecule has 0 atom stereocenters. The number of pyridine rings is 1. The number of halogens is 1. The third kappa shape index (κ3) is 2.81. The van der Waals surface area contributed by atoms with E-state index in [2.05, 4.69) is 15.2 Å². The Morgan fingerprint density at radius 1 is 1.10 bits per heavy atom. The molecule has 3 rings (SSSR count). The van der Waals surface area contributed by atoms with E-state index >= 15 is 0 Å². The third-order valence-electron chi connectivity index (χ3n) is 2.80. The quantitative estimate of drug-likeness (QED) is 0.744. The molecule has 100 valence electrons. The summed E-state index contributed by atoms with van der Waals surface area (Å²) in [5.41, 5.74) is 2.44. The lowest BCUT2D eigenvalue weighted by Crippen LogP contribution is -1.95.